The second-order valence-electron chi connectivity index (χ2n) is 4.55. The second-order valence-corrected chi connectivity index (χ2v) is 5.34. The summed E-state index contributed by atoms with van der Waals surface area (Å²) in [5.74, 6) is 0.388. The lowest BCUT2D eigenvalue weighted by molar-refractivity contribution is 0.439. The van der Waals surface area contributed by atoms with Crippen molar-refractivity contribution >= 4 is 15.9 Å². The maximum absolute atomic E-state index is 14.1. The van der Waals surface area contributed by atoms with Gasteiger partial charge in [0.05, 0.1) is 4.47 Å². The van der Waals surface area contributed by atoms with Crippen molar-refractivity contribution in [2.45, 2.75) is 26.3 Å². The summed E-state index contributed by atoms with van der Waals surface area (Å²) in [5.41, 5.74) is 7.50. The van der Waals surface area contributed by atoms with Gasteiger partial charge in [-0.15, -0.1) is 0 Å². The van der Waals surface area contributed by atoms with Crippen molar-refractivity contribution in [2.75, 3.05) is 0 Å². The molecule has 2 aromatic carbocycles. The van der Waals surface area contributed by atoms with Crippen LogP contribution in [0.15, 0.2) is 40.9 Å². The Morgan fingerprint density at radius 1 is 1.15 bits per heavy atom. The van der Waals surface area contributed by atoms with Crippen LogP contribution in [0.1, 0.15) is 24.5 Å². The van der Waals surface area contributed by atoms with E-state index in [1.807, 2.05) is 24.3 Å². The number of halogens is 2. The van der Waals surface area contributed by atoms with E-state index in [0.29, 0.717) is 15.8 Å². The minimum absolute atomic E-state index is 0.192. The van der Waals surface area contributed by atoms with Crippen LogP contribution in [0.5, 0.6) is 11.5 Å². The van der Waals surface area contributed by atoms with Crippen molar-refractivity contribution < 1.29 is 9.13 Å². The Morgan fingerprint density at radius 3 is 2.45 bits per heavy atom. The van der Waals surface area contributed by atoms with E-state index in [0.717, 1.165) is 12.8 Å². The summed E-state index contributed by atoms with van der Waals surface area (Å²) in [7, 11) is 0. The molecule has 0 aliphatic rings. The largest absolute Gasteiger partial charge is 0.454 e. The van der Waals surface area contributed by atoms with E-state index in [1.54, 1.807) is 12.1 Å². The summed E-state index contributed by atoms with van der Waals surface area (Å²) < 4.78 is 20.0. The second kappa shape index (κ2) is 6.86. The first-order valence-electron chi connectivity index (χ1n) is 6.59. The van der Waals surface area contributed by atoms with Crippen LogP contribution in [0.4, 0.5) is 4.39 Å². The molecule has 0 bridgehead atoms. The molecule has 0 aliphatic carbocycles. The molecule has 20 heavy (non-hydrogen) atoms. The fourth-order valence-corrected chi connectivity index (χ4v) is 2.44. The van der Waals surface area contributed by atoms with Crippen LogP contribution in [-0.2, 0) is 13.0 Å². The number of hydrogen-bond acceptors (Lipinski definition) is 2. The van der Waals surface area contributed by atoms with Crippen molar-refractivity contribution in [2.24, 2.45) is 5.73 Å². The number of aryl methyl sites for hydroxylation is 1. The Kier molecular flexibility index (Phi) is 5.15. The quantitative estimate of drug-likeness (QED) is 0.851. The van der Waals surface area contributed by atoms with Gasteiger partial charge in [0.2, 0.25) is 0 Å². The molecule has 2 nitrogen and oxygen atoms in total. The third-order valence-electron chi connectivity index (χ3n) is 3.04. The van der Waals surface area contributed by atoms with Gasteiger partial charge in [-0.3, -0.25) is 0 Å². The highest BCUT2D eigenvalue weighted by molar-refractivity contribution is 9.10. The number of rotatable bonds is 5. The maximum atomic E-state index is 14.1. The molecular formula is C16H17BrFNO. The van der Waals surface area contributed by atoms with Gasteiger partial charge in [0.15, 0.2) is 11.6 Å². The smallest absolute Gasteiger partial charge is 0.180 e. The van der Waals surface area contributed by atoms with E-state index in [-0.39, 0.29) is 12.3 Å². The summed E-state index contributed by atoms with van der Waals surface area (Å²) in [6.45, 7) is 2.42. The Balaban J connectivity index is 2.19. The van der Waals surface area contributed by atoms with Gasteiger partial charge in [0.1, 0.15) is 5.75 Å². The normalized spacial score (nSPS) is 10.6. The molecule has 0 saturated heterocycles. The SMILES string of the molecule is CCCc1ccc(Oc2ccc(CN)c(Br)c2F)cc1. The van der Waals surface area contributed by atoms with Gasteiger partial charge in [-0.05, 0) is 51.7 Å². The highest BCUT2D eigenvalue weighted by atomic mass is 79.9. The Morgan fingerprint density at radius 2 is 1.85 bits per heavy atom. The molecule has 0 spiro atoms. The van der Waals surface area contributed by atoms with E-state index in [1.165, 1.54) is 5.56 Å². The van der Waals surface area contributed by atoms with E-state index in [2.05, 4.69) is 22.9 Å². The number of ether oxygens (including phenoxy) is 1. The van der Waals surface area contributed by atoms with Crippen molar-refractivity contribution in [1.82, 2.24) is 0 Å². The predicted octanol–water partition coefficient (Wildman–Crippen LogP) is 4.79. The molecule has 2 N–H and O–H groups in total. The first kappa shape index (κ1) is 15.0. The minimum Gasteiger partial charge on any atom is -0.454 e. The maximum Gasteiger partial charge on any atom is 0.180 e. The fraction of sp³-hybridized carbons (Fsp3) is 0.250. The van der Waals surface area contributed by atoms with Crippen molar-refractivity contribution in [3.05, 3.63) is 57.8 Å². The molecule has 2 aromatic rings. The van der Waals surface area contributed by atoms with Crippen molar-refractivity contribution in [3.63, 3.8) is 0 Å². The topological polar surface area (TPSA) is 35.2 Å². The van der Waals surface area contributed by atoms with Crippen LogP contribution in [0.25, 0.3) is 0 Å². The average molecular weight is 338 g/mol. The lowest BCUT2D eigenvalue weighted by Crippen LogP contribution is -2.00. The fourth-order valence-electron chi connectivity index (χ4n) is 1.95. The number of nitrogens with two attached hydrogens (primary N) is 1. The molecule has 0 aliphatic heterocycles. The molecule has 2 rings (SSSR count). The Labute approximate surface area is 126 Å². The lowest BCUT2D eigenvalue weighted by Gasteiger charge is -2.10. The Hall–Kier alpha value is -1.39. The summed E-state index contributed by atoms with van der Waals surface area (Å²) in [6, 6.07) is 11.1. The molecule has 106 valence electrons. The highest BCUT2D eigenvalue weighted by Crippen LogP contribution is 2.31. The van der Waals surface area contributed by atoms with Gasteiger partial charge in [-0.25, -0.2) is 4.39 Å². The van der Waals surface area contributed by atoms with Gasteiger partial charge in [-0.2, -0.15) is 0 Å². The van der Waals surface area contributed by atoms with E-state index in [9.17, 15) is 4.39 Å². The van der Waals surface area contributed by atoms with E-state index in [4.69, 9.17) is 10.5 Å². The predicted molar refractivity (Wildman–Crippen MR) is 82.5 cm³/mol. The third kappa shape index (κ3) is 3.38. The van der Waals surface area contributed by atoms with Crippen LogP contribution in [0, 0.1) is 5.82 Å². The molecule has 0 unspecified atom stereocenters. The molecule has 0 radical (unpaired) electrons. The first-order valence-corrected chi connectivity index (χ1v) is 7.38. The third-order valence-corrected chi connectivity index (χ3v) is 3.89. The van der Waals surface area contributed by atoms with Gasteiger partial charge in [0.25, 0.3) is 0 Å². The van der Waals surface area contributed by atoms with Gasteiger partial charge >= 0.3 is 0 Å². The molecule has 0 saturated carbocycles. The van der Waals surface area contributed by atoms with Crippen LogP contribution in [0.2, 0.25) is 0 Å². The molecular weight excluding hydrogens is 321 g/mol. The van der Waals surface area contributed by atoms with Crippen molar-refractivity contribution in [1.29, 1.82) is 0 Å². The zero-order chi connectivity index (χ0) is 14.5. The van der Waals surface area contributed by atoms with Crippen LogP contribution in [-0.4, -0.2) is 0 Å². The van der Waals surface area contributed by atoms with E-state index >= 15 is 0 Å². The summed E-state index contributed by atoms with van der Waals surface area (Å²) >= 11 is 3.20. The zero-order valence-electron chi connectivity index (χ0n) is 11.3. The van der Waals surface area contributed by atoms with Crippen LogP contribution < -0.4 is 10.5 Å². The summed E-state index contributed by atoms with van der Waals surface area (Å²) in [5, 5.41) is 0. The number of hydrogen-bond donors (Lipinski definition) is 1. The van der Waals surface area contributed by atoms with Crippen molar-refractivity contribution in [3.8, 4) is 11.5 Å². The minimum atomic E-state index is -0.425. The zero-order valence-corrected chi connectivity index (χ0v) is 12.9. The van der Waals surface area contributed by atoms with Crippen LogP contribution >= 0.6 is 15.9 Å². The van der Waals surface area contributed by atoms with Gasteiger partial charge in [-0.1, -0.05) is 31.5 Å². The molecule has 0 atom stereocenters. The molecule has 4 heteroatoms. The van der Waals surface area contributed by atoms with Crippen LogP contribution in [0.3, 0.4) is 0 Å². The molecule has 0 amide bonds. The first-order chi connectivity index (χ1) is 9.65. The number of benzene rings is 2. The standard InChI is InChI=1S/C16H17BrFNO/c1-2-3-11-4-7-13(8-5-11)20-14-9-6-12(10-19)15(17)16(14)18/h4-9H,2-3,10,19H2,1H3. The lowest BCUT2D eigenvalue weighted by atomic mass is 10.1. The molecule has 0 aromatic heterocycles. The van der Waals surface area contributed by atoms with Gasteiger partial charge < -0.3 is 10.5 Å². The average Bonchev–Trinajstić information content (AvgIpc) is 2.46. The summed E-state index contributed by atoms with van der Waals surface area (Å²) in [4.78, 5) is 0. The molecule has 0 fully saturated rings. The molecule has 0 heterocycles. The monoisotopic (exact) mass is 337 g/mol. The summed E-state index contributed by atoms with van der Waals surface area (Å²) in [6.07, 6.45) is 2.13. The Bertz CT molecular complexity index is 584. The van der Waals surface area contributed by atoms with Gasteiger partial charge in [0, 0.05) is 6.54 Å². The van der Waals surface area contributed by atoms with E-state index < -0.39 is 5.82 Å². The highest BCUT2D eigenvalue weighted by Gasteiger charge is 2.12.